The first-order valence-corrected chi connectivity index (χ1v) is 8.25. The quantitative estimate of drug-likeness (QED) is 0.459. The molecule has 0 spiro atoms. The Morgan fingerprint density at radius 3 is 2.43 bits per heavy atom. The van der Waals surface area contributed by atoms with Gasteiger partial charge in [-0.25, -0.2) is 0 Å². The van der Waals surface area contributed by atoms with Gasteiger partial charge in [-0.2, -0.15) is 0 Å². The van der Waals surface area contributed by atoms with Crippen LogP contribution >= 0.6 is 35.0 Å². The molecule has 0 saturated heterocycles. The number of amides is 1. The molecule has 0 bridgehead atoms. The average Bonchev–Trinajstić information content (AvgIpc) is 2.48. The molecule has 0 aromatic heterocycles. The van der Waals surface area contributed by atoms with Gasteiger partial charge in [0.1, 0.15) is 5.69 Å². The number of carbonyl (C=O) groups excluding carboxylic acids is 1. The van der Waals surface area contributed by atoms with Gasteiger partial charge in [-0.3, -0.25) is 14.9 Å². The summed E-state index contributed by atoms with van der Waals surface area (Å²) in [5.74, 6) is -0.335. The molecule has 0 aliphatic carbocycles. The maximum absolute atomic E-state index is 12.1. The number of aryl methyl sites for hydroxylation is 1. The lowest BCUT2D eigenvalue weighted by Gasteiger charge is -2.10. The monoisotopic (exact) mass is 370 g/mol. The molecular weight excluding hydrogens is 359 g/mol. The fourth-order valence-electron chi connectivity index (χ4n) is 1.90. The number of hydrogen-bond acceptors (Lipinski definition) is 4. The van der Waals surface area contributed by atoms with E-state index in [0.29, 0.717) is 20.5 Å². The van der Waals surface area contributed by atoms with Crippen LogP contribution in [0.3, 0.4) is 0 Å². The number of anilines is 1. The standard InChI is InChI=1S/C15H12Cl2N2O3S/c1-9-4-2-7-12(19(21)22)14(9)18-13(20)8-23-15-10(16)5-3-6-11(15)17/h2-7H,8H2,1H3,(H,18,20). The second-order valence-electron chi connectivity index (χ2n) is 4.61. The fraction of sp³-hybridized carbons (Fsp3) is 0.133. The third kappa shape index (κ3) is 4.37. The van der Waals surface area contributed by atoms with Gasteiger partial charge < -0.3 is 5.32 Å². The molecule has 2 rings (SSSR count). The SMILES string of the molecule is Cc1cccc([N+](=O)[O-])c1NC(=O)CSc1c(Cl)cccc1Cl. The number of nitrogens with zero attached hydrogens (tertiary/aromatic N) is 1. The molecule has 8 heteroatoms. The molecule has 23 heavy (non-hydrogen) atoms. The molecule has 1 amide bonds. The fourth-order valence-corrected chi connectivity index (χ4v) is 3.38. The normalized spacial score (nSPS) is 10.4. The lowest BCUT2D eigenvalue weighted by atomic mass is 10.1. The van der Waals surface area contributed by atoms with Gasteiger partial charge in [0.05, 0.1) is 20.7 Å². The Labute approximate surface area is 147 Å². The Morgan fingerprint density at radius 1 is 1.22 bits per heavy atom. The summed E-state index contributed by atoms with van der Waals surface area (Å²) >= 11 is 13.3. The Balaban J connectivity index is 2.11. The molecule has 0 atom stereocenters. The van der Waals surface area contributed by atoms with E-state index in [1.165, 1.54) is 17.8 Å². The van der Waals surface area contributed by atoms with Crippen LogP contribution in [-0.2, 0) is 4.79 Å². The molecule has 0 saturated carbocycles. The van der Waals surface area contributed by atoms with Gasteiger partial charge in [0, 0.05) is 11.0 Å². The average molecular weight is 371 g/mol. The molecule has 0 aliphatic heterocycles. The highest BCUT2D eigenvalue weighted by Crippen LogP contribution is 2.34. The van der Waals surface area contributed by atoms with Crippen LogP contribution in [0.1, 0.15) is 5.56 Å². The summed E-state index contributed by atoms with van der Waals surface area (Å²) < 4.78 is 0. The van der Waals surface area contributed by atoms with Crippen molar-refractivity contribution in [2.75, 3.05) is 11.1 Å². The molecule has 0 fully saturated rings. The first kappa shape index (κ1) is 17.6. The predicted molar refractivity (Wildman–Crippen MR) is 93.6 cm³/mol. The van der Waals surface area contributed by atoms with E-state index >= 15 is 0 Å². The molecule has 120 valence electrons. The summed E-state index contributed by atoms with van der Waals surface area (Å²) in [6.07, 6.45) is 0. The third-order valence-electron chi connectivity index (χ3n) is 2.98. The highest BCUT2D eigenvalue weighted by Gasteiger charge is 2.18. The molecule has 2 aromatic carbocycles. The van der Waals surface area contributed by atoms with Crippen molar-refractivity contribution in [3.8, 4) is 0 Å². The zero-order valence-corrected chi connectivity index (χ0v) is 14.3. The van der Waals surface area contributed by atoms with E-state index in [0.717, 1.165) is 0 Å². The maximum atomic E-state index is 12.1. The van der Waals surface area contributed by atoms with Gasteiger partial charge in [-0.15, -0.1) is 11.8 Å². The molecule has 2 aromatic rings. The number of benzene rings is 2. The summed E-state index contributed by atoms with van der Waals surface area (Å²) in [4.78, 5) is 23.2. The van der Waals surface area contributed by atoms with Gasteiger partial charge in [0.2, 0.25) is 5.91 Å². The Bertz CT molecular complexity index is 748. The summed E-state index contributed by atoms with van der Waals surface area (Å²) in [7, 11) is 0. The van der Waals surface area contributed by atoms with Crippen molar-refractivity contribution in [2.24, 2.45) is 0 Å². The number of nitrogens with one attached hydrogen (secondary N) is 1. The van der Waals surface area contributed by atoms with Crippen LogP contribution in [0.15, 0.2) is 41.3 Å². The summed E-state index contributed by atoms with van der Waals surface area (Å²) in [6, 6.07) is 9.69. The minimum absolute atomic E-state index is 0.0366. The topological polar surface area (TPSA) is 72.2 Å². The number of rotatable bonds is 5. The van der Waals surface area contributed by atoms with Crippen molar-refractivity contribution < 1.29 is 9.72 Å². The number of nitro groups is 1. The van der Waals surface area contributed by atoms with E-state index in [1.807, 2.05) is 0 Å². The molecular formula is C15H12Cl2N2O3S. The van der Waals surface area contributed by atoms with Gasteiger partial charge in [0.15, 0.2) is 0 Å². The molecule has 0 heterocycles. The van der Waals surface area contributed by atoms with Crippen molar-refractivity contribution in [3.63, 3.8) is 0 Å². The smallest absolute Gasteiger partial charge is 0.293 e. The van der Waals surface area contributed by atoms with Crippen molar-refractivity contribution >= 4 is 52.2 Å². The van der Waals surface area contributed by atoms with Crippen LogP contribution in [0, 0.1) is 17.0 Å². The molecule has 0 radical (unpaired) electrons. The number of para-hydroxylation sites is 1. The van der Waals surface area contributed by atoms with Gasteiger partial charge in [0.25, 0.3) is 5.69 Å². The van der Waals surface area contributed by atoms with E-state index in [9.17, 15) is 14.9 Å². The third-order valence-corrected chi connectivity index (χ3v) is 4.97. The minimum atomic E-state index is -0.527. The van der Waals surface area contributed by atoms with E-state index in [2.05, 4.69) is 5.32 Å². The van der Waals surface area contributed by atoms with E-state index in [4.69, 9.17) is 23.2 Å². The van der Waals surface area contributed by atoms with Crippen molar-refractivity contribution in [2.45, 2.75) is 11.8 Å². The van der Waals surface area contributed by atoms with Crippen LogP contribution in [0.5, 0.6) is 0 Å². The number of carbonyl (C=O) groups is 1. The minimum Gasteiger partial charge on any atom is -0.319 e. The highest BCUT2D eigenvalue weighted by molar-refractivity contribution is 8.00. The van der Waals surface area contributed by atoms with Gasteiger partial charge in [-0.05, 0) is 24.6 Å². The van der Waals surface area contributed by atoms with Crippen LogP contribution in [0.4, 0.5) is 11.4 Å². The number of hydrogen-bond donors (Lipinski definition) is 1. The first-order valence-electron chi connectivity index (χ1n) is 6.51. The van der Waals surface area contributed by atoms with Gasteiger partial charge >= 0.3 is 0 Å². The zero-order valence-electron chi connectivity index (χ0n) is 12.0. The lowest BCUT2D eigenvalue weighted by molar-refractivity contribution is -0.384. The maximum Gasteiger partial charge on any atom is 0.293 e. The van der Waals surface area contributed by atoms with E-state index < -0.39 is 4.92 Å². The Hall–Kier alpha value is -1.76. The highest BCUT2D eigenvalue weighted by atomic mass is 35.5. The lowest BCUT2D eigenvalue weighted by Crippen LogP contribution is -2.16. The molecule has 0 aliphatic rings. The number of halogens is 2. The van der Waals surface area contributed by atoms with Crippen molar-refractivity contribution in [3.05, 3.63) is 62.1 Å². The van der Waals surface area contributed by atoms with E-state index in [-0.39, 0.29) is 23.0 Å². The Kier molecular flexibility index (Phi) is 5.87. The van der Waals surface area contributed by atoms with Crippen molar-refractivity contribution in [1.29, 1.82) is 0 Å². The van der Waals surface area contributed by atoms with Crippen LogP contribution in [-0.4, -0.2) is 16.6 Å². The summed E-state index contributed by atoms with van der Waals surface area (Å²) in [5.41, 5.74) is 0.681. The van der Waals surface area contributed by atoms with Crippen molar-refractivity contribution in [1.82, 2.24) is 0 Å². The van der Waals surface area contributed by atoms with Crippen LogP contribution in [0.25, 0.3) is 0 Å². The van der Waals surface area contributed by atoms with E-state index in [1.54, 1.807) is 37.3 Å². The Morgan fingerprint density at radius 2 is 1.83 bits per heavy atom. The molecule has 5 nitrogen and oxygen atoms in total. The van der Waals surface area contributed by atoms with Crippen LogP contribution in [0.2, 0.25) is 10.0 Å². The molecule has 0 unspecified atom stereocenters. The van der Waals surface area contributed by atoms with Crippen LogP contribution < -0.4 is 5.32 Å². The second-order valence-corrected chi connectivity index (χ2v) is 6.41. The zero-order chi connectivity index (χ0) is 17.0. The predicted octanol–water partition coefficient (Wildman–Crippen LogP) is 4.94. The number of nitro benzene ring substituents is 1. The number of thioether (sulfide) groups is 1. The largest absolute Gasteiger partial charge is 0.319 e. The van der Waals surface area contributed by atoms with Gasteiger partial charge in [-0.1, -0.05) is 41.4 Å². The summed E-state index contributed by atoms with van der Waals surface area (Å²) in [6.45, 7) is 1.70. The first-order chi connectivity index (χ1) is 10.9. The molecule has 1 N–H and O–H groups in total. The summed E-state index contributed by atoms with van der Waals surface area (Å²) in [5, 5.41) is 14.5. The second kappa shape index (κ2) is 7.68.